The van der Waals surface area contributed by atoms with Crippen LogP contribution in [0, 0.1) is 13.8 Å². The monoisotopic (exact) mass is 398 g/mol. The van der Waals surface area contributed by atoms with E-state index in [1.807, 2.05) is 19.9 Å². The third-order valence-corrected chi connectivity index (χ3v) is 5.29. The Hall–Kier alpha value is -3.06. The number of benzene rings is 2. The summed E-state index contributed by atoms with van der Waals surface area (Å²) in [5, 5.41) is 3.39. The van der Waals surface area contributed by atoms with Crippen LogP contribution in [0.25, 0.3) is 16.3 Å². The molecule has 0 aliphatic carbocycles. The van der Waals surface area contributed by atoms with Crippen LogP contribution in [-0.2, 0) is 4.79 Å². The van der Waals surface area contributed by atoms with Gasteiger partial charge in [-0.3, -0.25) is 10.1 Å². The average molecular weight is 398 g/mol. The first-order chi connectivity index (χ1) is 13.4. The number of hydrogen-bond donors (Lipinski definition) is 1. The van der Waals surface area contributed by atoms with Gasteiger partial charge in [0.15, 0.2) is 16.6 Å². The Morgan fingerprint density at radius 1 is 1.04 bits per heavy atom. The second-order valence-corrected chi connectivity index (χ2v) is 7.23. The molecule has 0 unspecified atom stereocenters. The number of nitrogens with zero attached hydrogens (tertiary/aromatic N) is 1. The molecule has 3 rings (SSSR count). The quantitative estimate of drug-likeness (QED) is 0.615. The fourth-order valence-electron chi connectivity index (χ4n) is 2.95. The highest BCUT2D eigenvalue weighted by Gasteiger charge is 2.13. The van der Waals surface area contributed by atoms with Gasteiger partial charge in [-0.1, -0.05) is 17.4 Å². The van der Waals surface area contributed by atoms with Crippen LogP contribution >= 0.6 is 11.3 Å². The van der Waals surface area contributed by atoms with Gasteiger partial charge in [0.25, 0.3) is 0 Å². The number of fused-ring (bicyclic) bond motifs is 1. The summed E-state index contributed by atoms with van der Waals surface area (Å²) in [6.07, 6.45) is 3.13. The molecule has 1 heterocycles. The average Bonchev–Trinajstić information content (AvgIpc) is 3.07. The van der Waals surface area contributed by atoms with Crippen LogP contribution in [0.1, 0.15) is 16.7 Å². The number of carbonyl (C=O) groups is 1. The van der Waals surface area contributed by atoms with Crippen LogP contribution in [-0.4, -0.2) is 32.2 Å². The predicted molar refractivity (Wildman–Crippen MR) is 113 cm³/mol. The molecule has 0 bridgehead atoms. The van der Waals surface area contributed by atoms with E-state index >= 15 is 0 Å². The Morgan fingerprint density at radius 3 is 2.32 bits per heavy atom. The molecule has 1 aromatic heterocycles. The molecule has 0 aliphatic heterocycles. The molecule has 1 N–H and O–H groups in total. The number of amides is 1. The first-order valence-electron chi connectivity index (χ1n) is 8.62. The summed E-state index contributed by atoms with van der Waals surface area (Å²) >= 11 is 1.47. The third kappa shape index (κ3) is 4.09. The Balaban J connectivity index is 1.79. The number of nitrogens with one attached hydrogen (secondary N) is 1. The van der Waals surface area contributed by atoms with E-state index in [0.717, 1.165) is 26.9 Å². The maximum atomic E-state index is 12.3. The molecule has 0 radical (unpaired) electrons. The van der Waals surface area contributed by atoms with Gasteiger partial charge in [-0.25, -0.2) is 4.98 Å². The summed E-state index contributed by atoms with van der Waals surface area (Å²) in [5.41, 5.74) is 3.95. The molecule has 0 saturated heterocycles. The molecular formula is C21H22N2O4S. The summed E-state index contributed by atoms with van der Waals surface area (Å²) in [6, 6.07) is 7.67. The number of aryl methyl sites for hydroxylation is 2. The highest BCUT2D eigenvalue weighted by molar-refractivity contribution is 7.22. The van der Waals surface area contributed by atoms with Gasteiger partial charge < -0.3 is 14.2 Å². The Bertz CT molecular complexity index is 1030. The molecule has 1 amide bonds. The molecule has 0 atom stereocenters. The zero-order valence-corrected chi connectivity index (χ0v) is 17.3. The normalized spacial score (nSPS) is 11.0. The molecule has 0 fully saturated rings. The summed E-state index contributed by atoms with van der Waals surface area (Å²) < 4.78 is 17.0. The predicted octanol–water partition coefficient (Wildman–Crippen LogP) is 4.59. The minimum absolute atomic E-state index is 0.262. The highest BCUT2D eigenvalue weighted by atomic mass is 32.1. The van der Waals surface area contributed by atoms with Gasteiger partial charge in [0.2, 0.25) is 11.7 Å². The van der Waals surface area contributed by atoms with Crippen LogP contribution in [0.4, 0.5) is 5.13 Å². The van der Waals surface area contributed by atoms with E-state index in [1.165, 1.54) is 17.4 Å². The van der Waals surface area contributed by atoms with Crippen molar-refractivity contribution in [1.82, 2.24) is 4.98 Å². The van der Waals surface area contributed by atoms with Gasteiger partial charge in [0, 0.05) is 6.08 Å². The Kier molecular flexibility index (Phi) is 5.84. The van der Waals surface area contributed by atoms with Gasteiger partial charge in [0.05, 0.1) is 31.5 Å². The van der Waals surface area contributed by atoms with E-state index in [9.17, 15) is 4.79 Å². The van der Waals surface area contributed by atoms with Crippen LogP contribution in [0.15, 0.2) is 30.3 Å². The van der Waals surface area contributed by atoms with Gasteiger partial charge in [-0.15, -0.1) is 0 Å². The lowest BCUT2D eigenvalue weighted by molar-refractivity contribution is -0.111. The number of carbonyl (C=O) groups excluding carboxylic acids is 1. The van der Waals surface area contributed by atoms with Crippen LogP contribution in [0.3, 0.4) is 0 Å². The molecule has 6 nitrogen and oxygen atoms in total. The Morgan fingerprint density at radius 2 is 1.71 bits per heavy atom. The molecule has 7 heteroatoms. The van der Waals surface area contributed by atoms with Crippen molar-refractivity contribution in [1.29, 1.82) is 0 Å². The minimum atomic E-state index is -0.262. The van der Waals surface area contributed by atoms with Crippen molar-refractivity contribution < 1.29 is 19.0 Å². The summed E-state index contributed by atoms with van der Waals surface area (Å²) in [5.74, 6) is 1.30. The molecule has 0 saturated carbocycles. The van der Waals surface area contributed by atoms with Gasteiger partial charge in [-0.2, -0.15) is 0 Å². The van der Waals surface area contributed by atoms with E-state index < -0.39 is 0 Å². The summed E-state index contributed by atoms with van der Waals surface area (Å²) in [6.45, 7) is 4.08. The van der Waals surface area contributed by atoms with Crippen molar-refractivity contribution in [3.8, 4) is 17.2 Å². The largest absolute Gasteiger partial charge is 0.493 e. The zero-order valence-electron chi connectivity index (χ0n) is 16.5. The van der Waals surface area contributed by atoms with E-state index in [0.29, 0.717) is 22.4 Å². The SMILES string of the molecule is COc1cc(/C=C/C(=O)Nc2nc3cc(C)cc(C)c3s2)cc(OC)c1OC. The molecule has 28 heavy (non-hydrogen) atoms. The van der Waals surface area contributed by atoms with Gasteiger partial charge >= 0.3 is 0 Å². The van der Waals surface area contributed by atoms with E-state index in [2.05, 4.69) is 16.4 Å². The smallest absolute Gasteiger partial charge is 0.250 e. The first-order valence-corrected chi connectivity index (χ1v) is 9.43. The topological polar surface area (TPSA) is 69.7 Å². The fourth-order valence-corrected chi connectivity index (χ4v) is 3.86. The molecule has 0 spiro atoms. The molecular weight excluding hydrogens is 376 g/mol. The maximum absolute atomic E-state index is 12.3. The molecule has 0 aliphatic rings. The van der Waals surface area contributed by atoms with Crippen LogP contribution in [0.5, 0.6) is 17.2 Å². The van der Waals surface area contributed by atoms with Crippen molar-refractivity contribution in [3.05, 3.63) is 47.0 Å². The lowest BCUT2D eigenvalue weighted by atomic mass is 10.1. The van der Waals surface area contributed by atoms with E-state index in [-0.39, 0.29) is 5.91 Å². The van der Waals surface area contributed by atoms with E-state index in [4.69, 9.17) is 14.2 Å². The standard InChI is InChI=1S/C21H22N2O4S/c1-12-8-13(2)20-15(9-12)22-21(28-20)23-18(24)7-6-14-10-16(25-3)19(27-5)17(11-14)26-4/h6-11H,1-5H3,(H,22,23,24)/b7-6+. The summed E-state index contributed by atoms with van der Waals surface area (Å²) in [4.78, 5) is 16.8. The Labute approximate surface area is 167 Å². The van der Waals surface area contributed by atoms with Crippen molar-refractivity contribution in [2.24, 2.45) is 0 Å². The van der Waals surface area contributed by atoms with Crippen molar-refractivity contribution in [3.63, 3.8) is 0 Å². The second kappa shape index (κ2) is 8.31. The summed E-state index contributed by atoms with van der Waals surface area (Å²) in [7, 11) is 4.65. The maximum Gasteiger partial charge on any atom is 0.250 e. The molecule has 146 valence electrons. The third-order valence-electron chi connectivity index (χ3n) is 4.16. The lowest BCUT2D eigenvalue weighted by Crippen LogP contribution is -2.07. The number of ether oxygens (including phenoxy) is 3. The minimum Gasteiger partial charge on any atom is -0.493 e. The first kappa shape index (κ1) is 19.7. The fraction of sp³-hybridized carbons (Fsp3) is 0.238. The molecule has 3 aromatic rings. The second-order valence-electron chi connectivity index (χ2n) is 6.23. The van der Waals surface area contributed by atoms with Crippen molar-refractivity contribution >= 4 is 38.7 Å². The lowest BCUT2D eigenvalue weighted by Gasteiger charge is -2.12. The highest BCUT2D eigenvalue weighted by Crippen LogP contribution is 2.38. The van der Waals surface area contributed by atoms with Crippen LogP contribution in [0.2, 0.25) is 0 Å². The number of rotatable bonds is 6. The zero-order chi connectivity index (χ0) is 20.3. The number of anilines is 1. The van der Waals surface area contributed by atoms with Gasteiger partial charge in [-0.05, 0) is 54.8 Å². The van der Waals surface area contributed by atoms with Crippen molar-refractivity contribution in [2.45, 2.75) is 13.8 Å². The van der Waals surface area contributed by atoms with Gasteiger partial charge in [0.1, 0.15) is 0 Å². The molecule has 2 aromatic carbocycles. The number of hydrogen-bond acceptors (Lipinski definition) is 6. The number of thiazole rings is 1. The van der Waals surface area contributed by atoms with Crippen LogP contribution < -0.4 is 19.5 Å². The number of methoxy groups -OCH3 is 3. The van der Waals surface area contributed by atoms with Crippen molar-refractivity contribution in [2.75, 3.05) is 26.6 Å². The number of aromatic nitrogens is 1. The van der Waals surface area contributed by atoms with E-state index in [1.54, 1.807) is 39.5 Å².